The molecule has 4 rings (SSSR count). The van der Waals surface area contributed by atoms with Crippen LogP contribution in [0.2, 0.25) is 0 Å². The largest absolute Gasteiger partial charge is 0.497 e. The van der Waals surface area contributed by atoms with E-state index in [2.05, 4.69) is 4.98 Å². The number of methoxy groups -OCH3 is 1. The Labute approximate surface area is 150 Å². The highest BCUT2D eigenvalue weighted by Gasteiger charge is 2.15. The van der Waals surface area contributed by atoms with Crippen LogP contribution in [-0.2, 0) is 6.54 Å². The van der Waals surface area contributed by atoms with Crippen molar-refractivity contribution in [2.75, 3.05) is 7.11 Å². The van der Waals surface area contributed by atoms with Crippen LogP contribution in [0.4, 0.5) is 0 Å². The zero-order valence-electron chi connectivity index (χ0n) is 14.6. The number of hydrogen-bond acceptors (Lipinski definition) is 4. The van der Waals surface area contributed by atoms with Crippen molar-refractivity contribution >= 4 is 17.2 Å². The average Bonchev–Trinajstić information content (AvgIpc) is 3.23. The van der Waals surface area contributed by atoms with Crippen LogP contribution < -0.4 is 4.74 Å². The van der Waals surface area contributed by atoms with E-state index in [1.807, 2.05) is 66.2 Å². The van der Waals surface area contributed by atoms with E-state index in [1.165, 1.54) is 0 Å². The molecule has 0 fully saturated rings. The molecule has 0 unspecified atom stereocenters. The van der Waals surface area contributed by atoms with Crippen LogP contribution in [0.3, 0.4) is 0 Å². The molecule has 130 valence electrons. The highest BCUT2D eigenvalue weighted by atomic mass is 16.5. The van der Waals surface area contributed by atoms with Crippen LogP contribution in [0.15, 0.2) is 59.1 Å². The summed E-state index contributed by atoms with van der Waals surface area (Å²) >= 11 is 0. The smallest absolute Gasteiger partial charge is 0.226 e. The quantitative estimate of drug-likeness (QED) is 0.500. The number of aldehydes is 1. The number of hydrogen-bond donors (Lipinski definition) is 0. The maximum absolute atomic E-state index is 11.5. The van der Waals surface area contributed by atoms with Crippen molar-refractivity contribution in [3.05, 3.63) is 71.7 Å². The number of carbonyl (C=O) groups is 1. The van der Waals surface area contributed by atoms with Crippen LogP contribution in [-0.4, -0.2) is 22.9 Å². The van der Waals surface area contributed by atoms with E-state index in [0.29, 0.717) is 18.0 Å². The molecule has 26 heavy (non-hydrogen) atoms. The van der Waals surface area contributed by atoms with Gasteiger partial charge in [0.25, 0.3) is 0 Å². The Bertz CT molecular complexity index is 1080. The summed E-state index contributed by atoms with van der Waals surface area (Å²) in [6.45, 7) is 2.43. The Morgan fingerprint density at radius 2 is 2.00 bits per heavy atom. The van der Waals surface area contributed by atoms with Gasteiger partial charge in [0.2, 0.25) is 5.89 Å². The van der Waals surface area contributed by atoms with E-state index >= 15 is 0 Å². The maximum Gasteiger partial charge on any atom is 0.226 e. The standard InChI is InChI=1S/C21H18N2O3/c1-14-19(22-21(26-14)15-6-4-3-5-7-15)12-23-11-16(13-24)18-10-17(25-2)8-9-20(18)23/h3-11,13H,12H2,1-2H3. The highest BCUT2D eigenvalue weighted by Crippen LogP contribution is 2.27. The van der Waals surface area contributed by atoms with E-state index in [9.17, 15) is 4.79 Å². The number of aromatic nitrogens is 2. The lowest BCUT2D eigenvalue weighted by Crippen LogP contribution is -2.00. The summed E-state index contributed by atoms with van der Waals surface area (Å²) in [5.41, 5.74) is 3.37. The first kappa shape index (κ1) is 16.1. The van der Waals surface area contributed by atoms with Gasteiger partial charge in [0.15, 0.2) is 6.29 Å². The van der Waals surface area contributed by atoms with Gasteiger partial charge < -0.3 is 13.7 Å². The van der Waals surface area contributed by atoms with E-state index in [0.717, 1.165) is 40.0 Å². The predicted octanol–water partition coefficient (Wildman–Crippen LogP) is 4.47. The summed E-state index contributed by atoms with van der Waals surface area (Å²) < 4.78 is 13.1. The van der Waals surface area contributed by atoms with Gasteiger partial charge in [0.1, 0.15) is 17.2 Å². The summed E-state index contributed by atoms with van der Waals surface area (Å²) in [4.78, 5) is 16.1. The van der Waals surface area contributed by atoms with E-state index < -0.39 is 0 Å². The van der Waals surface area contributed by atoms with Crippen molar-refractivity contribution in [1.82, 2.24) is 9.55 Å². The molecule has 0 atom stereocenters. The maximum atomic E-state index is 11.5. The van der Waals surface area contributed by atoms with Crippen molar-refractivity contribution < 1.29 is 13.9 Å². The fourth-order valence-corrected chi connectivity index (χ4v) is 3.10. The first-order valence-electron chi connectivity index (χ1n) is 8.33. The molecule has 5 nitrogen and oxygen atoms in total. The molecule has 4 aromatic rings. The number of ether oxygens (including phenoxy) is 1. The molecular weight excluding hydrogens is 328 g/mol. The van der Waals surface area contributed by atoms with Gasteiger partial charge in [-0.05, 0) is 37.3 Å². The van der Waals surface area contributed by atoms with Gasteiger partial charge in [0, 0.05) is 28.2 Å². The SMILES string of the molecule is COc1ccc2c(c1)c(C=O)cn2Cc1nc(-c2ccccc2)oc1C. The summed E-state index contributed by atoms with van der Waals surface area (Å²) in [6, 6.07) is 15.5. The third-order valence-electron chi connectivity index (χ3n) is 4.48. The first-order chi connectivity index (χ1) is 12.7. The molecule has 0 amide bonds. The molecule has 0 spiro atoms. The van der Waals surface area contributed by atoms with Gasteiger partial charge in [-0.25, -0.2) is 4.98 Å². The van der Waals surface area contributed by atoms with Crippen LogP contribution in [0, 0.1) is 6.92 Å². The van der Waals surface area contributed by atoms with E-state index in [1.54, 1.807) is 7.11 Å². The van der Waals surface area contributed by atoms with Gasteiger partial charge in [-0.3, -0.25) is 4.79 Å². The van der Waals surface area contributed by atoms with Crippen molar-refractivity contribution in [3.8, 4) is 17.2 Å². The highest BCUT2D eigenvalue weighted by molar-refractivity contribution is 5.98. The summed E-state index contributed by atoms with van der Waals surface area (Å²) in [5.74, 6) is 2.10. The minimum Gasteiger partial charge on any atom is -0.497 e. The normalized spacial score (nSPS) is 11.0. The van der Waals surface area contributed by atoms with Gasteiger partial charge in [-0.1, -0.05) is 18.2 Å². The Balaban J connectivity index is 1.74. The molecule has 2 aromatic carbocycles. The number of fused-ring (bicyclic) bond motifs is 1. The fourth-order valence-electron chi connectivity index (χ4n) is 3.10. The van der Waals surface area contributed by atoms with Gasteiger partial charge in [-0.15, -0.1) is 0 Å². The molecule has 0 saturated heterocycles. The van der Waals surface area contributed by atoms with Crippen molar-refractivity contribution in [1.29, 1.82) is 0 Å². The second-order valence-corrected chi connectivity index (χ2v) is 6.10. The number of benzene rings is 2. The van der Waals surface area contributed by atoms with E-state index in [4.69, 9.17) is 9.15 Å². The molecule has 0 aliphatic heterocycles. The number of aryl methyl sites for hydroxylation is 1. The molecular formula is C21H18N2O3. The zero-order valence-corrected chi connectivity index (χ0v) is 14.6. The average molecular weight is 346 g/mol. The third kappa shape index (κ3) is 2.77. The van der Waals surface area contributed by atoms with Gasteiger partial charge in [-0.2, -0.15) is 0 Å². The zero-order chi connectivity index (χ0) is 18.1. The van der Waals surface area contributed by atoms with Crippen molar-refractivity contribution in [3.63, 3.8) is 0 Å². The van der Waals surface area contributed by atoms with Crippen LogP contribution in [0.5, 0.6) is 5.75 Å². The Hall–Kier alpha value is -3.34. The monoisotopic (exact) mass is 346 g/mol. The van der Waals surface area contributed by atoms with Crippen molar-refractivity contribution in [2.24, 2.45) is 0 Å². The van der Waals surface area contributed by atoms with Crippen LogP contribution in [0.1, 0.15) is 21.8 Å². The molecule has 0 aliphatic rings. The van der Waals surface area contributed by atoms with Gasteiger partial charge in [0.05, 0.1) is 13.7 Å². The molecule has 0 aliphatic carbocycles. The molecule has 5 heteroatoms. The lowest BCUT2D eigenvalue weighted by Gasteiger charge is -2.04. The third-order valence-corrected chi connectivity index (χ3v) is 4.48. The second-order valence-electron chi connectivity index (χ2n) is 6.10. The first-order valence-corrected chi connectivity index (χ1v) is 8.33. The van der Waals surface area contributed by atoms with E-state index in [-0.39, 0.29) is 0 Å². The Kier molecular flexibility index (Phi) is 4.05. The summed E-state index contributed by atoms with van der Waals surface area (Å²) in [6.07, 6.45) is 2.71. The Morgan fingerprint density at radius 3 is 2.73 bits per heavy atom. The summed E-state index contributed by atoms with van der Waals surface area (Å²) in [5, 5.41) is 0.865. The lowest BCUT2D eigenvalue weighted by molar-refractivity contribution is 0.112. The van der Waals surface area contributed by atoms with Crippen LogP contribution in [0.25, 0.3) is 22.4 Å². The molecule has 0 N–H and O–H groups in total. The molecule has 0 saturated carbocycles. The Morgan fingerprint density at radius 1 is 1.19 bits per heavy atom. The topological polar surface area (TPSA) is 57.3 Å². The lowest BCUT2D eigenvalue weighted by atomic mass is 10.2. The molecule has 2 heterocycles. The summed E-state index contributed by atoms with van der Waals surface area (Å²) in [7, 11) is 1.61. The molecule has 2 aromatic heterocycles. The molecule has 0 radical (unpaired) electrons. The minimum atomic E-state index is 0.527. The van der Waals surface area contributed by atoms with Crippen molar-refractivity contribution in [2.45, 2.75) is 13.5 Å². The predicted molar refractivity (Wildman–Crippen MR) is 99.7 cm³/mol. The van der Waals surface area contributed by atoms with Crippen LogP contribution >= 0.6 is 0 Å². The van der Waals surface area contributed by atoms with Gasteiger partial charge >= 0.3 is 0 Å². The fraction of sp³-hybridized carbons (Fsp3) is 0.143. The second kappa shape index (κ2) is 6.52. The minimum absolute atomic E-state index is 0.527. The molecule has 0 bridgehead atoms. The number of carbonyl (C=O) groups excluding carboxylic acids is 1. The number of rotatable bonds is 5. The number of nitrogens with zero attached hydrogens (tertiary/aromatic N) is 2. The number of oxazole rings is 1.